The van der Waals surface area contributed by atoms with Gasteiger partial charge in [-0.25, -0.2) is 4.98 Å². The largest absolute Gasteiger partial charge is 0.507 e. The summed E-state index contributed by atoms with van der Waals surface area (Å²) in [6.45, 7) is 2.12. The number of nitrogens with one attached hydrogen (secondary N) is 1. The average molecular weight is 412 g/mol. The Morgan fingerprint density at radius 2 is 1.83 bits per heavy atom. The van der Waals surface area contributed by atoms with Gasteiger partial charge in [0, 0.05) is 35.3 Å². The molecule has 1 saturated heterocycles. The number of carbonyl (C=O) groups excluding carboxylic acids is 1. The van der Waals surface area contributed by atoms with Crippen LogP contribution >= 0.6 is 11.6 Å². The van der Waals surface area contributed by atoms with E-state index >= 15 is 0 Å². The van der Waals surface area contributed by atoms with Crippen LogP contribution in [0.3, 0.4) is 0 Å². The van der Waals surface area contributed by atoms with Crippen molar-refractivity contribution in [3.8, 4) is 0 Å². The molecule has 8 heteroatoms. The summed E-state index contributed by atoms with van der Waals surface area (Å²) in [6.07, 6.45) is 1.30. The van der Waals surface area contributed by atoms with Gasteiger partial charge in [-0.3, -0.25) is 9.59 Å². The quantitative estimate of drug-likeness (QED) is 0.646. The standard InChI is InChI=1S/C21H18ClN3O4/c22-15-4-1-13(2-5-15)19(26)12-18-20(27)24-17-11-14(3-6-16(17)23-18)21(28)25-7-9-29-10-8-25/h1-6,11-12,26H,7-10H2,(H,24,27)/b19-12-. The van der Waals surface area contributed by atoms with Gasteiger partial charge in [0.1, 0.15) is 11.5 Å². The summed E-state index contributed by atoms with van der Waals surface area (Å²) in [6, 6.07) is 11.6. The Kier molecular flexibility index (Phi) is 5.33. The monoisotopic (exact) mass is 411 g/mol. The Balaban J connectivity index is 1.65. The predicted octanol–water partition coefficient (Wildman–Crippen LogP) is 3.11. The summed E-state index contributed by atoms with van der Waals surface area (Å²) >= 11 is 5.85. The Hall–Kier alpha value is -3.16. The van der Waals surface area contributed by atoms with Gasteiger partial charge in [0.2, 0.25) is 0 Å². The fourth-order valence-corrected chi connectivity index (χ4v) is 3.24. The van der Waals surface area contributed by atoms with Gasteiger partial charge in [-0.05, 0) is 42.5 Å². The van der Waals surface area contributed by atoms with E-state index in [4.69, 9.17) is 16.3 Å². The molecule has 0 atom stereocenters. The Bertz CT molecular complexity index is 1150. The van der Waals surface area contributed by atoms with E-state index in [1.165, 1.54) is 6.08 Å². The van der Waals surface area contributed by atoms with Gasteiger partial charge >= 0.3 is 0 Å². The lowest BCUT2D eigenvalue weighted by atomic mass is 10.1. The van der Waals surface area contributed by atoms with Crippen LogP contribution < -0.4 is 5.56 Å². The molecular weight excluding hydrogens is 394 g/mol. The summed E-state index contributed by atoms with van der Waals surface area (Å²) in [5, 5.41) is 10.8. The average Bonchev–Trinajstić information content (AvgIpc) is 2.74. The molecule has 4 rings (SSSR count). The highest BCUT2D eigenvalue weighted by Crippen LogP contribution is 2.18. The molecule has 7 nitrogen and oxygen atoms in total. The maximum atomic E-state index is 12.6. The predicted molar refractivity (Wildman–Crippen MR) is 111 cm³/mol. The zero-order chi connectivity index (χ0) is 20.4. The summed E-state index contributed by atoms with van der Waals surface area (Å²) < 4.78 is 5.27. The molecule has 1 aliphatic heterocycles. The van der Waals surface area contributed by atoms with Crippen molar-refractivity contribution in [2.45, 2.75) is 0 Å². The summed E-state index contributed by atoms with van der Waals surface area (Å²) in [5.41, 5.74) is 1.56. The fourth-order valence-electron chi connectivity index (χ4n) is 3.11. The summed E-state index contributed by atoms with van der Waals surface area (Å²) in [7, 11) is 0. The molecule has 148 valence electrons. The van der Waals surface area contributed by atoms with E-state index in [1.807, 2.05) is 0 Å². The third-order valence-corrected chi connectivity index (χ3v) is 4.93. The molecule has 1 amide bonds. The van der Waals surface area contributed by atoms with E-state index in [-0.39, 0.29) is 17.4 Å². The number of halogens is 1. The number of aromatic amines is 1. The molecule has 29 heavy (non-hydrogen) atoms. The number of aliphatic hydroxyl groups is 1. The molecule has 0 bridgehead atoms. The van der Waals surface area contributed by atoms with Gasteiger partial charge in [-0.1, -0.05) is 11.6 Å². The molecule has 2 aromatic carbocycles. The molecule has 0 unspecified atom stereocenters. The Morgan fingerprint density at radius 3 is 2.55 bits per heavy atom. The molecule has 1 aliphatic rings. The Labute approximate surface area is 171 Å². The summed E-state index contributed by atoms with van der Waals surface area (Å²) in [4.78, 5) is 33.8. The van der Waals surface area contributed by atoms with Crippen molar-refractivity contribution in [2.75, 3.05) is 26.3 Å². The third kappa shape index (κ3) is 4.16. The topological polar surface area (TPSA) is 95.5 Å². The lowest BCUT2D eigenvalue weighted by molar-refractivity contribution is 0.0303. The SMILES string of the molecule is O=C(c1ccc2nc(/C=C(\O)c3ccc(Cl)cc3)c(=O)[nH]c2c1)N1CCOCC1. The number of morpholine rings is 1. The number of fused-ring (bicyclic) bond motifs is 1. The number of ether oxygens (including phenoxy) is 1. The van der Waals surface area contributed by atoms with Gasteiger partial charge in [0.05, 0.1) is 24.2 Å². The van der Waals surface area contributed by atoms with E-state index in [1.54, 1.807) is 47.4 Å². The number of benzene rings is 2. The molecule has 1 aromatic heterocycles. The third-order valence-electron chi connectivity index (χ3n) is 4.68. The van der Waals surface area contributed by atoms with Gasteiger partial charge in [0.25, 0.3) is 11.5 Å². The van der Waals surface area contributed by atoms with Crippen LogP contribution in [-0.2, 0) is 4.74 Å². The minimum Gasteiger partial charge on any atom is -0.507 e. The fraction of sp³-hybridized carbons (Fsp3) is 0.190. The van der Waals surface area contributed by atoms with Crippen molar-refractivity contribution in [3.63, 3.8) is 0 Å². The molecule has 0 radical (unpaired) electrons. The number of aliphatic hydroxyl groups excluding tert-OH is 1. The number of amides is 1. The van der Waals surface area contributed by atoms with Crippen LogP contribution in [0.1, 0.15) is 21.6 Å². The maximum Gasteiger partial charge on any atom is 0.274 e. The minimum absolute atomic E-state index is 0.0669. The van der Waals surface area contributed by atoms with Crippen molar-refractivity contribution in [3.05, 3.63) is 74.7 Å². The van der Waals surface area contributed by atoms with Crippen LogP contribution in [-0.4, -0.2) is 52.2 Å². The number of carbonyl (C=O) groups is 1. The van der Waals surface area contributed by atoms with Crippen LogP contribution in [0.2, 0.25) is 5.02 Å². The van der Waals surface area contributed by atoms with Crippen molar-refractivity contribution in [2.24, 2.45) is 0 Å². The highest BCUT2D eigenvalue weighted by Gasteiger charge is 2.19. The van der Waals surface area contributed by atoms with Crippen LogP contribution in [0.15, 0.2) is 47.3 Å². The van der Waals surface area contributed by atoms with Crippen molar-refractivity contribution < 1.29 is 14.6 Å². The highest BCUT2D eigenvalue weighted by atomic mass is 35.5. The van der Waals surface area contributed by atoms with E-state index in [9.17, 15) is 14.7 Å². The van der Waals surface area contributed by atoms with E-state index in [0.717, 1.165) is 0 Å². The normalized spacial score (nSPS) is 14.9. The molecule has 0 aliphatic carbocycles. The van der Waals surface area contributed by atoms with E-state index in [2.05, 4.69) is 9.97 Å². The van der Waals surface area contributed by atoms with Crippen LogP contribution in [0, 0.1) is 0 Å². The van der Waals surface area contributed by atoms with E-state index < -0.39 is 5.56 Å². The van der Waals surface area contributed by atoms with Crippen LogP contribution in [0.5, 0.6) is 0 Å². The lowest BCUT2D eigenvalue weighted by Gasteiger charge is -2.26. The molecule has 1 fully saturated rings. The van der Waals surface area contributed by atoms with Gasteiger partial charge in [-0.2, -0.15) is 0 Å². The van der Waals surface area contributed by atoms with Crippen molar-refractivity contribution >= 4 is 40.4 Å². The van der Waals surface area contributed by atoms with Crippen molar-refractivity contribution in [1.29, 1.82) is 0 Å². The molecule has 0 spiro atoms. The van der Waals surface area contributed by atoms with Crippen molar-refractivity contribution in [1.82, 2.24) is 14.9 Å². The molecule has 2 N–H and O–H groups in total. The van der Waals surface area contributed by atoms with Gasteiger partial charge < -0.3 is 19.7 Å². The summed E-state index contributed by atoms with van der Waals surface area (Å²) in [5.74, 6) is -0.210. The van der Waals surface area contributed by atoms with Crippen LogP contribution in [0.25, 0.3) is 22.9 Å². The second kappa shape index (κ2) is 8.06. The second-order valence-corrected chi connectivity index (χ2v) is 7.06. The highest BCUT2D eigenvalue weighted by molar-refractivity contribution is 6.30. The molecular formula is C21H18ClN3O4. The first-order valence-electron chi connectivity index (χ1n) is 9.09. The number of aromatic nitrogens is 2. The molecule has 2 heterocycles. The van der Waals surface area contributed by atoms with E-state index in [0.29, 0.717) is 53.5 Å². The van der Waals surface area contributed by atoms with Crippen LogP contribution in [0.4, 0.5) is 0 Å². The second-order valence-electron chi connectivity index (χ2n) is 6.62. The smallest absolute Gasteiger partial charge is 0.274 e. The zero-order valence-electron chi connectivity index (χ0n) is 15.4. The first-order valence-corrected chi connectivity index (χ1v) is 9.47. The van der Waals surface area contributed by atoms with Gasteiger partial charge in [0.15, 0.2) is 0 Å². The maximum absolute atomic E-state index is 12.6. The molecule has 3 aromatic rings. The number of H-pyrrole nitrogens is 1. The lowest BCUT2D eigenvalue weighted by Crippen LogP contribution is -2.40. The number of nitrogens with zero attached hydrogens (tertiary/aromatic N) is 2. The first kappa shape index (κ1) is 19.2. The number of hydrogen-bond donors (Lipinski definition) is 2. The Morgan fingerprint density at radius 1 is 1.14 bits per heavy atom. The first-order chi connectivity index (χ1) is 14.0. The minimum atomic E-state index is -0.464. The number of hydrogen-bond acceptors (Lipinski definition) is 5. The zero-order valence-corrected chi connectivity index (χ0v) is 16.1. The molecule has 0 saturated carbocycles. The van der Waals surface area contributed by atoms with Gasteiger partial charge in [-0.15, -0.1) is 0 Å². The number of rotatable bonds is 3.